The zero-order chi connectivity index (χ0) is 15.0. The molecule has 0 N–H and O–H groups in total. The first-order chi connectivity index (χ1) is 8.84. The Morgan fingerprint density at radius 2 is 1.16 bits per heavy atom. The molecular weight excluding hydrogens is 284 g/mol. The van der Waals surface area contributed by atoms with E-state index in [2.05, 4.69) is 0 Å². The quantitative estimate of drug-likeness (QED) is 0.581. The topological polar surface area (TPSA) is 80.3 Å². The number of hydrogen-bond acceptors (Lipinski definition) is 4. The van der Waals surface area contributed by atoms with Gasteiger partial charge in [0, 0.05) is 10.5 Å². The predicted molar refractivity (Wildman–Crippen MR) is 78.2 cm³/mol. The summed E-state index contributed by atoms with van der Waals surface area (Å²) in [6.45, 7) is 7.80. The molecule has 0 spiro atoms. The summed E-state index contributed by atoms with van der Waals surface area (Å²) in [6.07, 6.45) is 3.39. The molecule has 6 unspecified atom stereocenters. The van der Waals surface area contributed by atoms with Crippen LogP contribution in [0.4, 0.5) is 0 Å². The monoisotopic (exact) mass is 310 g/mol. The third kappa shape index (κ3) is 6.97. The van der Waals surface area contributed by atoms with E-state index in [1.807, 2.05) is 27.7 Å². The summed E-state index contributed by atoms with van der Waals surface area (Å²) in [5.74, 6) is 0.247. The van der Waals surface area contributed by atoms with Crippen molar-refractivity contribution in [3.8, 4) is 0 Å². The first-order valence-electron chi connectivity index (χ1n) is 7.01. The zero-order valence-electron chi connectivity index (χ0n) is 12.3. The summed E-state index contributed by atoms with van der Waals surface area (Å²) in [7, 11) is 0. The minimum absolute atomic E-state index is 0.123. The lowest BCUT2D eigenvalue weighted by Gasteiger charge is -2.28. The molecule has 0 saturated carbocycles. The van der Waals surface area contributed by atoms with E-state index in [4.69, 9.17) is 0 Å². The third-order valence-electron chi connectivity index (χ3n) is 4.03. The second-order valence-corrected chi connectivity index (χ2v) is 7.55. The molecule has 0 aromatic rings. The Hall–Kier alpha value is 0.220. The average Bonchev–Trinajstić information content (AvgIpc) is 2.36. The molecule has 6 heteroatoms. The van der Waals surface area contributed by atoms with E-state index in [9.17, 15) is 17.5 Å². The van der Waals surface area contributed by atoms with Crippen molar-refractivity contribution in [2.75, 3.05) is 0 Å². The molecule has 19 heavy (non-hydrogen) atoms. The Morgan fingerprint density at radius 1 is 0.842 bits per heavy atom. The lowest BCUT2D eigenvalue weighted by atomic mass is 9.96. The first kappa shape index (κ1) is 19.2. The molecular formula is C13H26O4S2-2. The van der Waals surface area contributed by atoms with Crippen LogP contribution in [-0.2, 0) is 22.2 Å². The summed E-state index contributed by atoms with van der Waals surface area (Å²) in [4.78, 5) is 0. The molecule has 0 bridgehead atoms. The Kier molecular flexibility index (Phi) is 10.1. The van der Waals surface area contributed by atoms with Crippen LogP contribution in [0.3, 0.4) is 0 Å². The highest BCUT2D eigenvalue weighted by molar-refractivity contribution is 7.80. The Labute approximate surface area is 122 Å². The highest BCUT2D eigenvalue weighted by Gasteiger charge is 2.20. The van der Waals surface area contributed by atoms with Crippen molar-refractivity contribution in [1.82, 2.24) is 0 Å². The van der Waals surface area contributed by atoms with Gasteiger partial charge in [-0.2, -0.15) is 0 Å². The van der Waals surface area contributed by atoms with Crippen molar-refractivity contribution in [3.05, 3.63) is 0 Å². The molecule has 0 fully saturated rings. The SMILES string of the molecule is CCC(C)C(CCCC(C(C)CC)S(=O)[O-])S(=O)[O-]. The lowest BCUT2D eigenvalue weighted by molar-refractivity contribution is 0.414. The van der Waals surface area contributed by atoms with Crippen molar-refractivity contribution in [2.24, 2.45) is 11.8 Å². The van der Waals surface area contributed by atoms with Gasteiger partial charge >= 0.3 is 0 Å². The van der Waals surface area contributed by atoms with Gasteiger partial charge < -0.3 is 9.11 Å². The molecule has 0 heterocycles. The fourth-order valence-corrected chi connectivity index (χ4v) is 4.05. The van der Waals surface area contributed by atoms with Crippen LogP contribution in [-0.4, -0.2) is 28.0 Å². The second-order valence-electron chi connectivity index (χ2n) is 5.30. The molecule has 0 radical (unpaired) electrons. The van der Waals surface area contributed by atoms with Gasteiger partial charge in [-0.25, -0.2) is 0 Å². The summed E-state index contributed by atoms with van der Waals surface area (Å²) in [5.41, 5.74) is 0. The summed E-state index contributed by atoms with van der Waals surface area (Å²) >= 11 is -4.15. The van der Waals surface area contributed by atoms with Crippen molar-refractivity contribution in [1.29, 1.82) is 0 Å². The van der Waals surface area contributed by atoms with Crippen LogP contribution in [0.25, 0.3) is 0 Å². The molecule has 116 valence electrons. The van der Waals surface area contributed by atoms with E-state index in [0.29, 0.717) is 19.3 Å². The maximum absolute atomic E-state index is 11.2. The van der Waals surface area contributed by atoms with Crippen LogP contribution in [0.5, 0.6) is 0 Å². The van der Waals surface area contributed by atoms with E-state index >= 15 is 0 Å². The molecule has 0 rings (SSSR count). The fraction of sp³-hybridized carbons (Fsp3) is 1.00. The molecule has 6 atom stereocenters. The van der Waals surface area contributed by atoms with Gasteiger partial charge in [-0.1, -0.05) is 69.1 Å². The van der Waals surface area contributed by atoms with Gasteiger partial charge in [0.25, 0.3) is 0 Å². The van der Waals surface area contributed by atoms with E-state index < -0.39 is 22.2 Å². The van der Waals surface area contributed by atoms with Crippen molar-refractivity contribution in [3.63, 3.8) is 0 Å². The van der Waals surface area contributed by atoms with Gasteiger partial charge in [-0.3, -0.25) is 8.42 Å². The van der Waals surface area contributed by atoms with Crippen LogP contribution in [0.15, 0.2) is 0 Å². The lowest BCUT2D eigenvalue weighted by Crippen LogP contribution is -2.26. The summed E-state index contributed by atoms with van der Waals surface area (Å²) < 4.78 is 44.7. The van der Waals surface area contributed by atoms with Crippen LogP contribution in [0, 0.1) is 11.8 Å². The van der Waals surface area contributed by atoms with E-state index in [1.54, 1.807) is 0 Å². The average molecular weight is 310 g/mol. The van der Waals surface area contributed by atoms with Gasteiger partial charge in [0.1, 0.15) is 0 Å². The van der Waals surface area contributed by atoms with Crippen molar-refractivity contribution >= 4 is 22.2 Å². The van der Waals surface area contributed by atoms with Crippen LogP contribution in [0.1, 0.15) is 59.8 Å². The molecule has 0 aromatic heterocycles. The van der Waals surface area contributed by atoms with Crippen molar-refractivity contribution in [2.45, 2.75) is 70.3 Å². The normalized spacial score (nSPS) is 21.4. The number of hydrogen-bond donors (Lipinski definition) is 0. The van der Waals surface area contributed by atoms with Crippen LogP contribution in [0.2, 0.25) is 0 Å². The molecule has 0 aliphatic carbocycles. The molecule has 4 nitrogen and oxygen atoms in total. The van der Waals surface area contributed by atoms with Crippen LogP contribution >= 0.6 is 0 Å². The molecule has 0 saturated heterocycles. The van der Waals surface area contributed by atoms with E-state index in [0.717, 1.165) is 12.8 Å². The highest BCUT2D eigenvalue weighted by atomic mass is 32.2. The largest absolute Gasteiger partial charge is 0.772 e. The van der Waals surface area contributed by atoms with E-state index in [-0.39, 0.29) is 22.3 Å². The Morgan fingerprint density at radius 3 is 1.37 bits per heavy atom. The standard InChI is InChI=1S/C13H28O4S2/c1-5-10(3)12(18(14)15)8-7-9-13(19(16)17)11(4)6-2/h10-13H,5-9H2,1-4H3,(H,14,15)(H,16,17)/p-2. The van der Waals surface area contributed by atoms with Crippen molar-refractivity contribution < 1.29 is 17.5 Å². The second kappa shape index (κ2) is 10.0. The van der Waals surface area contributed by atoms with Gasteiger partial charge in [0.15, 0.2) is 0 Å². The Bertz CT molecular complexity index is 268. The minimum Gasteiger partial charge on any atom is -0.772 e. The fourth-order valence-electron chi connectivity index (χ4n) is 2.19. The van der Waals surface area contributed by atoms with Gasteiger partial charge in [0.2, 0.25) is 0 Å². The molecule has 0 aliphatic rings. The third-order valence-corrected chi connectivity index (χ3v) is 6.42. The van der Waals surface area contributed by atoms with Gasteiger partial charge in [-0.15, -0.1) is 0 Å². The van der Waals surface area contributed by atoms with Gasteiger partial charge in [-0.05, 0) is 24.7 Å². The summed E-state index contributed by atoms with van der Waals surface area (Å²) in [5, 5.41) is -0.717. The summed E-state index contributed by atoms with van der Waals surface area (Å²) in [6, 6.07) is 0. The highest BCUT2D eigenvalue weighted by Crippen LogP contribution is 2.23. The maximum Gasteiger partial charge on any atom is 0.0241 e. The minimum atomic E-state index is -2.08. The molecule has 0 amide bonds. The van der Waals surface area contributed by atoms with Gasteiger partial charge in [0.05, 0.1) is 0 Å². The zero-order valence-corrected chi connectivity index (χ0v) is 13.9. The Balaban J connectivity index is 4.37. The first-order valence-corrected chi connectivity index (χ1v) is 9.28. The van der Waals surface area contributed by atoms with Crippen LogP contribution < -0.4 is 0 Å². The molecule has 0 aromatic carbocycles. The molecule has 0 aliphatic heterocycles. The number of rotatable bonds is 10. The predicted octanol–water partition coefficient (Wildman–Crippen LogP) is 2.74. The maximum atomic E-state index is 11.2. The van der Waals surface area contributed by atoms with E-state index in [1.165, 1.54) is 0 Å². The smallest absolute Gasteiger partial charge is 0.0241 e.